The molecule has 3 N–H and O–H groups in total. The highest BCUT2D eigenvalue weighted by Crippen LogP contribution is 2.26. The molecule has 3 rings (SSSR count). The Morgan fingerprint density at radius 1 is 1.29 bits per heavy atom. The number of rotatable bonds is 2. The van der Waals surface area contributed by atoms with Gasteiger partial charge in [-0.25, -0.2) is 4.98 Å². The first-order chi connectivity index (χ1) is 10.1. The summed E-state index contributed by atoms with van der Waals surface area (Å²) < 4.78 is 0. The number of anilines is 1. The maximum Gasteiger partial charge on any atom is 0.272 e. The van der Waals surface area contributed by atoms with Crippen molar-refractivity contribution in [2.24, 2.45) is 17.7 Å². The quantitative estimate of drug-likeness (QED) is 0.655. The van der Waals surface area contributed by atoms with Crippen LogP contribution in [0.2, 0.25) is 0 Å². The third-order valence-corrected chi connectivity index (χ3v) is 4.37. The second-order valence-electron chi connectivity index (χ2n) is 5.88. The molecule has 5 nitrogen and oxygen atoms in total. The van der Waals surface area contributed by atoms with E-state index in [4.69, 9.17) is 5.84 Å². The van der Waals surface area contributed by atoms with Gasteiger partial charge in [0.05, 0.1) is 11.2 Å². The highest BCUT2D eigenvalue weighted by atomic mass is 16.2. The van der Waals surface area contributed by atoms with Crippen molar-refractivity contribution in [2.45, 2.75) is 13.8 Å². The van der Waals surface area contributed by atoms with Gasteiger partial charge in [-0.2, -0.15) is 0 Å². The summed E-state index contributed by atoms with van der Waals surface area (Å²) in [6, 6.07) is 9.40. The molecule has 0 bridgehead atoms. The predicted molar refractivity (Wildman–Crippen MR) is 83.8 cm³/mol. The van der Waals surface area contributed by atoms with E-state index in [2.05, 4.69) is 24.3 Å². The number of para-hydroxylation sites is 1. The number of carbonyl (C=O) groups is 1. The molecule has 1 fully saturated rings. The predicted octanol–water partition coefficient (Wildman–Crippen LogP) is 2.25. The number of benzene rings is 1. The van der Waals surface area contributed by atoms with Crippen molar-refractivity contribution in [1.29, 1.82) is 0 Å². The minimum Gasteiger partial charge on any atom is -0.337 e. The summed E-state index contributed by atoms with van der Waals surface area (Å²) in [5.41, 5.74) is 4.61. The Balaban J connectivity index is 1.99. The molecule has 1 aromatic heterocycles. The molecular formula is C16H20N4O. The molecule has 2 aromatic rings. The summed E-state index contributed by atoms with van der Waals surface area (Å²) >= 11 is 0. The van der Waals surface area contributed by atoms with Crippen molar-refractivity contribution in [3.05, 3.63) is 36.0 Å². The Bertz CT molecular complexity index is 675. The van der Waals surface area contributed by atoms with E-state index in [0.717, 1.165) is 29.7 Å². The number of nitrogen functional groups attached to an aromatic ring is 1. The van der Waals surface area contributed by atoms with E-state index in [1.54, 1.807) is 6.07 Å². The minimum atomic E-state index is -0.0200. The van der Waals surface area contributed by atoms with E-state index >= 15 is 0 Å². The molecular weight excluding hydrogens is 264 g/mol. The Morgan fingerprint density at radius 3 is 2.62 bits per heavy atom. The average Bonchev–Trinajstić information content (AvgIpc) is 2.84. The molecule has 0 aliphatic carbocycles. The van der Waals surface area contributed by atoms with E-state index in [1.807, 2.05) is 29.2 Å². The summed E-state index contributed by atoms with van der Waals surface area (Å²) in [7, 11) is 0. The molecule has 2 heterocycles. The van der Waals surface area contributed by atoms with Crippen molar-refractivity contribution in [3.63, 3.8) is 0 Å². The smallest absolute Gasteiger partial charge is 0.272 e. The van der Waals surface area contributed by atoms with Crippen LogP contribution in [0.3, 0.4) is 0 Å². The molecule has 1 aliphatic rings. The minimum absolute atomic E-state index is 0.0200. The first kappa shape index (κ1) is 13.8. The Kier molecular flexibility index (Phi) is 3.51. The fraction of sp³-hybridized carbons (Fsp3) is 0.375. The topological polar surface area (TPSA) is 71.2 Å². The Morgan fingerprint density at radius 2 is 1.95 bits per heavy atom. The van der Waals surface area contributed by atoms with Crippen molar-refractivity contribution in [1.82, 2.24) is 9.88 Å². The second-order valence-corrected chi connectivity index (χ2v) is 5.88. The van der Waals surface area contributed by atoms with Gasteiger partial charge >= 0.3 is 0 Å². The summed E-state index contributed by atoms with van der Waals surface area (Å²) in [5.74, 6) is 6.62. The third kappa shape index (κ3) is 2.45. The first-order valence-corrected chi connectivity index (χ1v) is 7.26. The molecule has 0 spiro atoms. The number of nitrogens with zero attached hydrogens (tertiary/aromatic N) is 2. The number of amides is 1. The molecule has 110 valence electrons. The van der Waals surface area contributed by atoms with E-state index < -0.39 is 0 Å². The number of fused-ring (bicyclic) bond motifs is 1. The number of carbonyl (C=O) groups excluding carboxylic acids is 1. The van der Waals surface area contributed by atoms with Crippen LogP contribution in [0.1, 0.15) is 24.3 Å². The summed E-state index contributed by atoms with van der Waals surface area (Å²) in [5, 5.41) is 0.916. The van der Waals surface area contributed by atoms with Crippen molar-refractivity contribution >= 4 is 22.5 Å². The zero-order valence-corrected chi connectivity index (χ0v) is 12.3. The molecule has 21 heavy (non-hydrogen) atoms. The van der Waals surface area contributed by atoms with Crippen LogP contribution in [0.25, 0.3) is 10.9 Å². The van der Waals surface area contributed by atoms with Gasteiger partial charge in [-0.3, -0.25) is 10.6 Å². The lowest BCUT2D eigenvalue weighted by molar-refractivity contribution is 0.0779. The molecule has 2 unspecified atom stereocenters. The van der Waals surface area contributed by atoms with Crippen LogP contribution in [0.4, 0.5) is 5.69 Å². The van der Waals surface area contributed by atoms with E-state index in [0.29, 0.717) is 17.5 Å². The number of nitrogens with one attached hydrogen (secondary N) is 1. The highest BCUT2D eigenvalue weighted by molar-refractivity contribution is 5.99. The van der Waals surface area contributed by atoms with Gasteiger partial charge in [-0.1, -0.05) is 32.0 Å². The number of hydrogen-bond acceptors (Lipinski definition) is 4. The van der Waals surface area contributed by atoms with Gasteiger partial charge < -0.3 is 10.3 Å². The van der Waals surface area contributed by atoms with Crippen LogP contribution >= 0.6 is 0 Å². The standard InChI is InChI=1S/C16H20N4O/c1-10-8-20(9-11(10)2)16(21)15-7-14(19-17)12-5-3-4-6-13(12)18-15/h3-7,10-11H,8-9,17H2,1-2H3,(H,18,19). The first-order valence-electron chi connectivity index (χ1n) is 7.26. The van der Waals surface area contributed by atoms with Crippen molar-refractivity contribution < 1.29 is 4.79 Å². The van der Waals surface area contributed by atoms with E-state index in [1.165, 1.54) is 0 Å². The number of likely N-dealkylation sites (tertiary alicyclic amines) is 1. The fourth-order valence-corrected chi connectivity index (χ4v) is 2.86. The van der Waals surface area contributed by atoms with Crippen LogP contribution in [0.5, 0.6) is 0 Å². The van der Waals surface area contributed by atoms with Crippen molar-refractivity contribution in [3.8, 4) is 0 Å². The largest absolute Gasteiger partial charge is 0.337 e. The maximum atomic E-state index is 12.6. The van der Waals surface area contributed by atoms with Gasteiger partial charge in [-0.15, -0.1) is 0 Å². The molecule has 1 saturated heterocycles. The monoisotopic (exact) mass is 284 g/mol. The van der Waals surface area contributed by atoms with E-state index in [9.17, 15) is 4.79 Å². The van der Waals surface area contributed by atoms with Crippen LogP contribution < -0.4 is 11.3 Å². The lowest BCUT2D eigenvalue weighted by Crippen LogP contribution is -2.29. The molecule has 0 radical (unpaired) electrons. The second kappa shape index (κ2) is 5.33. The van der Waals surface area contributed by atoms with Gasteiger partial charge in [0.2, 0.25) is 0 Å². The highest BCUT2D eigenvalue weighted by Gasteiger charge is 2.30. The number of hydrogen-bond donors (Lipinski definition) is 2. The Labute approximate surface area is 124 Å². The lowest BCUT2D eigenvalue weighted by Gasteiger charge is -2.16. The third-order valence-electron chi connectivity index (χ3n) is 4.37. The van der Waals surface area contributed by atoms with Crippen LogP contribution in [-0.2, 0) is 0 Å². The SMILES string of the molecule is CC1CN(C(=O)c2cc(NN)c3ccccc3n2)CC1C. The Hall–Kier alpha value is -2.14. The van der Waals surface area contributed by atoms with E-state index in [-0.39, 0.29) is 5.91 Å². The number of nitrogens with two attached hydrogens (primary N) is 1. The van der Waals surface area contributed by atoms with Crippen LogP contribution in [0, 0.1) is 11.8 Å². The maximum absolute atomic E-state index is 12.6. The van der Waals surface area contributed by atoms with Gasteiger partial charge in [0.1, 0.15) is 5.69 Å². The number of hydrazine groups is 1. The molecule has 5 heteroatoms. The molecule has 1 aromatic carbocycles. The van der Waals surface area contributed by atoms with Gasteiger partial charge in [-0.05, 0) is 24.0 Å². The molecule has 1 amide bonds. The lowest BCUT2D eigenvalue weighted by atomic mass is 10.0. The summed E-state index contributed by atoms with van der Waals surface area (Å²) in [6.07, 6.45) is 0. The van der Waals surface area contributed by atoms with Crippen LogP contribution in [0.15, 0.2) is 30.3 Å². The average molecular weight is 284 g/mol. The fourth-order valence-electron chi connectivity index (χ4n) is 2.86. The van der Waals surface area contributed by atoms with Gasteiger partial charge in [0.25, 0.3) is 5.91 Å². The number of aromatic nitrogens is 1. The number of pyridine rings is 1. The van der Waals surface area contributed by atoms with Crippen LogP contribution in [-0.4, -0.2) is 28.9 Å². The molecule has 1 aliphatic heterocycles. The summed E-state index contributed by atoms with van der Waals surface area (Å²) in [6.45, 7) is 5.94. The normalized spacial score (nSPS) is 21.8. The van der Waals surface area contributed by atoms with Gasteiger partial charge in [0.15, 0.2) is 0 Å². The zero-order valence-electron chi connectivity index (χ0n) is 12.3. The summed E-state index contributed by atoms with van der Waals surface area (Å²) in [4.78, 5) is 19.0. The van der Waals surface area contributed by atoms with Gasteiger partial charge in [0, 0.05) is 18.5 Å². The van der Waals surface area contributed by atoms with Crippen molar-refractivity contribution in [2.75, 3.05) is 18.5 Å². The zero-order chi connectivity index (χ0) is 15.0. The molecule has 2 atom stereocenters. The molecule has 0 saturated carbocycles.